The molecule has 0 bridgehead atoms. The fourth-order valence-corrected chi connectivity index (χ4v) is 4.51. The summed E-state index contributed by atoms with van der Waals surface area (Å²) in [4.78, 5) is 22.2. The predicted octanol–water partition coefficient (Wildman–Crippen LogP) is 4.48. The van der Waals surface area contributed by atoms with Gasteiger partial charge in [-0.1, -0.05) is 46.6 Å². The molecule has 156 valence electrons. The maximum Gasteiger partial charge on any atom is 0.259 e. The molecule has 1 amide bonds. The van der Waals surface area contributed by atoms with E-state index < -0.39 is 0 Å². The van der Waals surface area contributed by atoms with Crippen molar-refractivity contribution in [3.8, 4) is 11.5 Å². The normalized spacial score (nSPS) is 14.8. The molecule has 1 saturated heterocycles. The minimum atomic E-state index is 0.169. The molecule has 30 heavy (non-hydrogen) atoms. The Morgan fingerprint density at radius 2 is 1.83 bits per heavy atom. The van der Waals surface area contributed by atoms with Crippen LogP contribution in [0.3, 0.4) is 0 Å². The van der Waals surface area contributed by atoms with E-state index in [9.17, 15) is 4.79 Å². The van der Waals surface area contributed by atoms with Crippen molar-refractivity contribution < 1.29 is 9.32 Å². The van der Waals surface area contributed by atoms with Gasteiger partial charge < -0.3 is 9.42 Å². The van der Waals surface area contributed by atoms with Crippen molar-refractivity contribution in [3.05, 3.63) is 64.4 Å². The zero-order valence-electron chi connectivity index (χ0n) is 16.1. The predicted molar refractivity (Wildman–Crippen MR) is 119 cm³/mol. The Labute approximate surface area is 189 Å². The number of rotatable bonds is 6. The molecule has 0 N–H and O–H groups in total. The first kappa shape index (κ1) is 21.2. The Balaban J connectivity index is 1.27. The van der Waals surface area contributed by atoms with E-state index in [4.69, 9.17) is 27.7 Å². The molecule has 0 saturated carbocycles. The minimum absolute atomic E-state index is 0.169. The molecule has 1 aliphatic rings. The lowest BCUT2D eigenvalue weighted by molar-refractivity contribution is -0.130. The summed E-state index contributed by atoms with van der Waals surface area (Å²) in [5.74, 6) is 1.59. The molecule has 0 atom stereocenters. The summed E-state index contributed by atoms with van der Waals surface area (Å²) in [6, 6.07) is 15.1. The highest BCUT2D eigenvalue weighted by atomic mass is 35.5. The Kier molecular flexibility index (Phi) is 6.94. The first-order valence-corrected chi connectivity index (χ1v) is 11.3. The molecular formula is C21H20Cl2N4O2S. The third-order valence-electron chi connectivity index (χ3n) is 4.83. The van der Waals surface area contributed by atoms with Gasteiger partial charge in [0, 0.05) is 36.1 Å². The lowest BCUT2D eigenvalue weighted by Crippen LogP contribution is -2.48. The second kappa shape index (κ2) is 9.83. The number of piperazine rings is 1. The van der Waals surface area contributed by atoms with Crippen molar-refractivity contribution in [3.63, 3.8) is 0 Å². The van der Waals surface area contributed by atoms with Crippen molar-refractivity contribution in [2.45, 2.75) is 11.4 Å². The highest BCUT2D eigenvalue weighted by molar-refractivity contribution is 8.00. The zero-order valence-corrected chi connectivity index (χ0v) is 18.5. The largest absolute Gasteiger partial charge is 0.339 e. The van der Waals surface area contributed by atoms with Crippen LogP contribution < -0.4 is 0 Å². The molecule has 4 rings (SSSR count). The maximum atomic E-state index is 12.5. The van der Waals surface area contributed by atoms with Crippen LogP contribution >= 0.6 is 35.0 Å². The zero-order chi connectivity index (χ0) is 20.9. The van der Waals surface area contributed by atoms with E-state index in [1.807, 2.05) is 35.2 Å². The van der Waals surface area contributed by atoms with Crippen molar-refractivity contribution in [1.29, 1.82) is 0 Å². The summed E-state index contributed by atoms with van der Waals surface area (Å²) < 4.78 is 5.36. The van der Waals surface area contributed by atoms with E-state index >= 15 is 0 Å². The average molecular weight is 463 g/mol. The van der Waals surface area contributed by atoms with Gasteiger partial charge in [0.05, 0.1) is 22.9 Å². The van der Waals surface area contributed by atoms with Gasteiger partial charge in [0.25, 0.3) is 5.89 Å². The number of carbonyl (C=O) groups excluding carboxylic acids is 1. The third-order valence-corrected chi connectivity index (χ3v) is 6.37. The molecule has 9 heteroatoms. The van der Waals surface area contributed by atoms with E-state index in [1.54, 1.807) is 30.0 Å². The van der Waals surface area contributed by atoms with Crippen molar-refractivity contribution in [2.24, 2.45) is 0 Å². The Hall–Kier alpha value is -2.06. The van der Waals surface area contributed by atoms with Gasteiger partial charge in [-0.05, 0) is 30.3 Å². The van der Waals surface area contributed by atoms with Gasteiger partial charge in [-0.3, -0.25) is 9.69 Å². The molecular weight excluding hydrogens is 443 g/mol. The van der Waals surface area contributed by atoms with Crippen LogP contribution in [0.15, 0.2) is 57.9 Å². The molecule has 2 aromatic carbocycles. The molecule has 1 fully saturated rings. The Morgan fingerprint density at radius 3 is 2.57 bits per heavy atom. The highest BCUT2D eigenvalue weighted by Gasteiger charge is 2.22. The van der Waals surface area contributed by atoms with Gasteiger partial charge in [0.15, 0.2) is 5.82 Å². The van der Waals surface area contributed by atoms with Gasteiger partial charge in [0.2, 0.25) is 5.91 Å². The number of hydrogen-bond donors (Lipinski definition) is 0. The monoisotopic (exact) mass is 462 g/mol. The third kappa shape index (κ3) is 5.35. The molecule has 0 radical (unpaired) electrons. The highest BCUT2D eigenvalue weighted by Crippen LogP contribution is 2.29. The lowest BCUT2D eigenvalue weighted by Gasteiger charge is -2.34. The molecule has 0 unspecified atom stereocenters. The van der Waals surface area contributed by atoms with Crippen LogP contribution in [0.1, 0.15) is 5.82 Å². The summed E-state index contributed by atoms with van der Waals surface area (Å²) in [5, 5.41) is 5.09. The fraction of sp³-hybridized carbons (Fsp3) is 0.286. The van der Waals surface area contributed by atoms with Crippen LogP contribution in [-0.4, -0.2) is 57.8 Å². The van der Waals surface area contributed by atoms with Crippen LogP contribution in [0.25, 0.3) is 11.5 Å². The van der Waals surface area contributed by atoms with E-state index in [1.165, 1.54) is 0 Å². The first-order chi connectivity index (χ1) is 14.6. The van der Waals surface area contributed by atoms with Gasteiger partial charge in [-0.2, -0.15) is 4.98 Å². The van der Waals surface area contributed by atoms with E-state index in [2.05, 4.69) is 15.0 Å². The quantitative estimate of drug-likeness (QED) is 0.503. The van der Waals surface area contributed by atoms with Crippen molar-refractivity contribution in [2.75, 3.05) is 31.9 Å². The van der Waals surface area contributed by atoms with Gasteiger partial charge in [-0.25, -0.2) is 0 Å². The SMILES string of the molecule is O=C(CSc1ccccc1)N1CCN(Cc2noc(-c3ccc(Cl)cc3Cl)n2)CC1. The van der Waals surface area contributed by atoms with Crippen LogP contribution in [0.5, 0.6) is 0 Å². The fourth-order valence-electron chi connectivity index (χ4n) is 3.20. The second-order valence-electron chi connectivity index (χ2n) is 6.90. The molecule has 3 aromatic rings. The maximum absolute atomic E-state index is 12.5. The van der Waals surface area contributed by atoms with Gasteiger partial charge in [0.1, 0.15) is 0 Å². The molecule has 0 spiro atoms. The van der Waals surface area contributed by atoms with Gasteiger partial charge >= 0.3 is 0 Å². The average Bonchev–Trinajstić information content (AvgIpc) is 3.21. The number of nitrogens with zero attached hydrogens (tertiary/aromatic N) is 4. The van der Waals surface area contributed by atoms with E-state index in [0.717, 1.165) is 18.0 Å². The topological polar surface area (TPSA) is 62.5 Å². The number of hydrogen-bond acceptors (Lipinski definition) is 6. The summed E-state index contributed by atoms with van der Waals surface area (Å²) in [6.07, 6.45) is 0. The number of amides is 1. The lowest BCUT2D eigenvalue weighted by atomic mass is 10.2. The van der Waals surface area contributed by atoms with Crippen LogP contribution in [0.4, 0.5) is 0 Å². The standard InChI is InChI=1S/C21H20Cl2N4O2S/c22-15-6-7-17(18(23)12-15)21-24-19(25-29-21)13-26-8-10-27(11-9-26)20(28)14-30-16-4-2-1-3-5-16/h1-7,12H,8-11,13-14H2. The molecule has 6 nitrogen and oxygen atoms in total. The Bertz CT molecular complexity index is 1010. The summed E-state index contributed by atoms with van der Waals surface area (Å²) >= 11 is 13.7. The number of aromatic nitrogens is 2. The smallest absolute Gasteiger partial charge is 0.259 e. The Morgan fingerprint density at radius 1 is 1.07 bits per heavy atom. The molecule has 0 aliphatic carbocycles. The first-order valence-electron chi connectivity index (χ1n) is 9.54. The molecule has 1 aromatic heterocycles. The molecule has 2 heterocycles. The van der Waals surface area contributed by atoms with Crippen LogP contribution in [0.2, 0.25) is 10.0 Å². The molecule has 1 aliphatic heterocycles. The van der Waals surface area contributed by atoms with Crippen LogP contribution in [-0.2, 0) is 11.3 Å². The summed E-state index contributed by atoms with van der Waals surface area (Å²) in [5.41, 5.74) is 0.658. The number of carbonyl (C=O) groups is 1. The van der Waals surface area contributed by atoms with Crippen LogP contribution in [0, 0.1) is 0 Å². The minimum Gasteiger partial charge on any atom is -0.339 e. The van der Waals surface area contributed by atoms with Crippen molar-refractivity contribution in [1.82, 2.24) is 19.9 Å². The number of thioether (sulfide) groups is 1. The number of halogens is 2. The van der Waals surface area contributed by atoms with Gasteiger partial charge in [-0.15, -0.1) is 11.8 Å². The van der Waals surface area contributed by atoms with E-state index in [-0.39, 0.29) is 5.91 Å². The number of benzene rings is 2. The second-order valence-corrected chi connectivity index (χ2v) is 8.79. The summed E-state index contributed by atoms with van der Waals surface area (Å²) in [7, 11) is 0. The van der Waals surface area contributed by atoms with Crippen molar-refractivity contribution >= 4 is 40.9 Å². The van der Waals surface area contributed by atoms with E-state index in [0.29, 0.717) is 52.7 Å². The summed E-state index contributed by atoms with van der Waals surface area (Å²) in [6.45, 7) is 3.50.